The van der Waals surface area contributed by atoms with Gasteiger partial charge in [-0.2, -0.15) is 0 Å². The summed E-state index contributed by atoms with van der Waals surface area (Å²) in [5, 5.41) is 9.47. The van der Waals surface area contributed by atoms with Crippen LogP contribution in [0.4, 0.5) is 5.69 Å². The molecule has 1 unspecified atom stereocenters. The minimum absolute atomic E-state index is 0.00481. The van der Waals surface area contributed by atoms with Gasteiger partial charge in [0.15, 0.2) is 5.78 Å². The molecule has 19 heavy (non-hydrogen) atoms. The molecule has 2 rings (SSSR count). The van der Waals surface area contributed by atoms with Crippen LogP contribution < -0.4 is 4.90 Å². The lowest BCUT2D eigenvalue weighted by Crippen LogP contribution is -2.29. The molecule has 0 amide bonds. The first-order valence-electron chi connectivity index (χ1n) is 6.81. The Kier molecular flexibility index (Phi) is 4.83. The van der Waals surface area contributed by atoms with Gasteiger partial charge in [0.25, 0.3) is 0 Å². The van der Waals surface area contributed by atoms with Gasteiger partial charge < -0.3 is 10.0 Å². The van der Waals surface area contributed by atoms with Crippen LogP contribution in [0.25, 0.3) is 0 Å². The number of aliphatic hydroxyl groups excluding tert-OH is 1. The molecule has 0 aliphatic carbocycles. The number of Topliss-reactive ketones (excluding diaryl/α,β-unsaturated/α-hetero) is 1. The number of ketones is 1. The topological polar surface area (TPSA) is 40.5 Å². The van der Waals surface area contributed by atoms with Crippen LogP contribution in [0, 0.1) is 0 Å². The second-order valence-electron chi connectivity index (χ2n) is 5.08. The van der Waals surface area contributed by atoms with Gasteiger partial charge in [0.05, 0.1) is 5.02 Å². The van der Waals surface area contributed by atoms with E-state index in [1.165, 1.54) is 13.3 Å². The third-order valence-corrected chi connectivity index (χ3v) is 4.05. The number of hydrogen-bond acceptors (Lipinski definition) is 3. The molecule has 4 heteroatoms. The zero-order valence-electron chi connectivity index (χ0n) is 11.2. The van der Waals surface area contributed by atoms with Crippen molar-refractivity contribution < 1.29 is 9.90 Å². The molecule has 1 aliphatic rings. The summed E-state index contributed by atoms with van der Waals surface area (Å²) in [4.78, 5) is 13.7. The molecule has 1 aromatic carbocycles. The summed E-state index contributed by atoms with van der Waals surface area (Å²) >= 11 is 6.17. The molecule has 0 bridgehead atoms. The Labute approximate surface area is 119 Å². The summed E-state index contributed by atoms with van der Waals surface area (Å²) < 4.78 is 0. The van der Waals surface area contributed by atoms with Gasteiger partial charge in [-0.05, 0) is 50.8 Å². The minimum atomic E-state index is -0.00481. The second kappa shape index (κ2) is 6.40. The Morgan fingerprint density at radius 1 is 1.53 bits per heavy atom. The molecule has 0 radical (unpaired) electrons. The van der Waals surface area contributed by atoms with Crippen LogP contribution >= 0.6 is 11.6 Å². The first-order valence-corrected chi connectivity index (χ1v) is 7.19. The standard InChI is InChI=1S/C15H20ClNO2/c1-11(19)14-7-6-13(10-15(14)16)17-8-2-4-12(17)5-3-9-18/h6-7,10,12,18H,2-5,8-9H2,1H3. The number of hydrogen-bond donors (Lipinski definition) is 1. The maximum Gasteiger partial charge on any atom is 0.161 e. The van der Waals surface area contributed by atoms with Crippen molar-refractivity contribution in [3.63, 3.8) is 0 Å². The van der Waals surface area contributed by atoms with Crippen molar-refractivity contribution in [3.05, 3.63) is 28.8 Å². The van der Waals surface area contributed by atoms with Gasteiger partial charge in [-0.15, -0.1) is 0 Å². The van der Waals surface area contributed by atoms with Crippen LogP contribution in [0.1, 0.15) is 43.0 Å². The molecule has 1 aliphatic heterocycles. The van der Waals surface area contributed by atoms with Crippen molar-refractivity contribution in [1.29, 1.82) is 0 Å². The summed E-state index contributed by atoms with van der Waals surface area (Å²) in [6.45, 7) is 2.79. The third-order valence-electron chi connectivity index (χ3n) is 3.74. The predicted octanol–water partition coefficient (Wildman–Crippen LogP) is 3.28. The summed E-state index contributed by atoms with van der Waals surface area (Å²) in [5.74, 6) is -0.00481. The highest BCUT2D eigenvalue weighted by Gasteiger charge is 2.24. The fourth-order valence-corrected chi connectivity index (χ4v) is 3.08. The first-order chi connectivity index (χ1) is 9.13. The lowest BCUT2D eigenvalue weighted by Gasteiger charge is -2.27. The lowest BCUT2D eigenvalue weighted by atomic mass is 10.1. The molecular weight excluding hydrogens is 262 g/mol. The Balaban J connectivity index is 2.16. The average Bonchev–Trinajstić information content (AvgIpc) is 2.83. The van der Waals surface area contributed by atoms with Crippen molar-refractivity contribution in [2.75, 3.05) is 18.1 Å². The lowest BCUT2D eigenvalue weighted by molar-refractivity contribution is 0.101. The Hall–Kier alpha value is -1.06. The van der Waals surface area contributed by atoms with Crippen molar-refractivity contribution in [1.82, 2.24) is 0 Å². The Morgan fingerprint density at radius 2 is 2.32 bits per heavy atom. The maximum atomic E-state index is 11.4. The molecule has 1 N–H and O–H groups in total. The summed E-state index contributed by atoms with van der Waals surface area (Å²) in [7, 11) is 0. The van der Waals surface area contributed by atoms with Crippen LogP contribution in [-0.4, -0.2) is 30.1 Å². The molecule has 1 atom stereocenters. The van der Waals surface area contributed by atoms with E-state index >= 15 is 0 Å². The highest BCUT2D eigenvalue weighted by Crippen LogP contribution is 2.31. The second-order valence-corrected chi connectivity index (χ2v) is 5.48. The third kappa shape index (κ3) is 3.28. The van der Waals surface area contributed by atoms with Crippen LogP contribution in [0.2, 0.25) is 5.02 Å². The number of anilines is 1. The molecule has 1 aromatic rings. The van der Waals surface area contributed by atoms with E-state index in [-0.39, 0.29) is 12.4 Å². The number of halogens is 1. The fourth-order valence-electron chi connectivity index (χ4n) is 2.77. The van der Waals surface area contributed by atoms with Gasteiger partial charge in [-0.25, -0.2) is 0 Å². The van der Waals surface area contributed by atoms with E-state index < -0.39 is 0 Å². The van der Waals surface area contributed by atoms with Crippen molar-refractivity contribution in [3.8, 4) is 0 Å². The molecule has 1 saturated heterocycles. The highest BCUT2D eigenvalue weighted by atomic mass is 35.5. The highest BCUT2D eigenvalue weighted by molar-refractivity contribution is 6.34. The molecule has 104 valence electrons. The van der Waals surface area contributed by atoms with Crippen LogP contribution in [-0.2, 0) is 0 Å². The monoisotopic (exact) mass is 281 g/mol. The molecule has 1 fully saturated rings. The predicted molar refractivity (Wildman–Crippen MR) is 78.1 cm³/mol. The number of aliphatic hydroxyl groups is 1. The molecule has 0 aromatic heterocycles. The van der Waals surface area contributed by atoms with Crippen LogP contribution in [0.3, 0.4) is 0 Å². The molecule has 0 saturated carbocycles. The van der Waals surface area contributed by atoms with Gasteiger partial charge in [-0.1, -0.05) is 11.6 Å². The zero-order chi connectivity index (χ0) is 13.8. The van der Waals surface area contributed by atoms with E-state index in [0.717, 1.165) is 31.5 Å². The number of nitrogens with zero attached hydrogens (tertiary/aromatic N) is 1. The van der Waals surface area contributed by atoms with E-state index in [4.69, 9.17) is 16.7 Å². The fraction of sp³-hybridized carbons (Fsp3) is 0.533. The SMILES string of the molecule is CC(=O)c1ccc(N2CCCC2CCCO)cc1Cl. The zero-order valence-corrected chi connectivity index (χ0v) is 12.0. The first kappa shape index (κ1) is 14.4. The van der Waals surface area contributed by atoms with Gasteiger partial charge in [-0.3, -0.25) is 4.79 Å². The molecule has 0 spiro atoms. The van der Waals surface area contributed by atoms with Gasteiger partial charge in [0, 0.05) is 30.4 Å². The van der Waals surface area contributed by atoms with Crippen LogP contribution in [0.15, 0.2) is 18.2 Å². The van der Waals surface area contributed by atoms with Crippen molar-refractivity contribution >= 4 is 23.1 Å². The summed E-state index contributed by atoms with van der Waals surface area (Å²) in [5.41, 5.74) is 1.66. The number of benzene rings is 1. The number of carbonyl (C=O) groups excluding carboxylic acids is 1. The van der Waals surface area contributed by atoms with E-state index in [9.17, 15) is 4.79 Å². The summed E-state index contributed by atoms with van der Waals surface area (Å²) in [6, 6.07) is 6.14. The van der Waals surface area contributed by atoms with Crippen LogP contribution in [0.5, 0.6) is 0 Å². The maximum absolute atomic E-state index is 11.4. The molecular formula is C15H20ClNO2. The van der Waals surface area contributed by atoms with Crippen molar-refractivity contribution in [2.45, 2.75) is 38.6 Å². The molecule has 1 heterocycles. The number of carbonyl (C=O) groups is 1. The Bertz CT molecular complexity index is 461. The van der Waals surface area contributed by atoms with E-state index in [1.807, 2.05) is 12.1 Å². The van der Waals surface area contributed by atoms with Crippen molar-refractivity contribution in [2.24, 2.45) is 0 Å². The van der Waals surface area contributed by atoms with Gasteiger partial charge in [0.1, 0.15) is 0 Å². The number of rotatable bonds is 5. The van der Waals surface area contributed by atoms with E-state index in [1.54, 1.807) is 6.07 Å². The Morgan fingerprint density at radius 3 is 2.95 bits per heavy atom. The van der Waals surface area contributed by atoms with E-state index in [2.05, 4.69) is 4.90 Å². The quantitative estimate of drug-likeness (QED) is 0.842. The smallest absolute Gasteiger partial charge is 0.161 e. The summed E-state index contributed by atoms with van der Waals surface area (Å²) in [6.07, 6.45) is 4.16. The average molecular weight is 282 g/mol. The van der Waals surface area contributed by atoms with Gasteiger partial charge >= 0.3 is 0 Å². The normalized spacial score (nSPS) is 18.9. The van der Waals surface area contributed by atoms with Gasteiger partial charge in [0.2, 0.25) is 0 Å². The van der Waals surface area contributed by atoms with E-state index in [0.29, 0.717) is 16.6 Å². The minimum Gasteiger partial charge on any atom is -0.396 e. The molecule has 3 nitrogen and oxygen atoms in total. The largest absolute Gasteiger partial charge is 0.396 e.